The van der Waals surface area contributed by atoms with Crippen molar-refractivity contribution in [3.05, 3.63) is 102 Å². The number of nitriles is 1. The van der Waals surface area contributed by atoms with Gasteiger partial charge in [-0.2, -0.15) is 5.26 Å². The van der Waals surface area contributed by atoms with Gasteiger partial charge < -0.3 is 0 Å². The number of rotatable bonds is 4. The molecule has 0 aliphatic heterocycles. The quantitative estimate of drug-likeness (QED) is 0.384. The van der Waals surface area contributed by atoms with Gasteiger partial charge in [-0.05, 0) is 51.9 Å². The number of halogens is 1. The monoisotopic (exact) mass is 471 g/mol. The van der Waals surface area contributed by atoms with Crippen molar-refractivity contribution in [3.63, 3.8) is 0 Å². The summed E-state index contributed by atoms with van der Waals surface area (Å²) in [7, 11) is -3.81. The molecule has 0 heterocycles. The highest BCUT2D eigenvalue weighted by molar-refractivity contribution is 14.1. The Kier molecular flexibility index (Phi) is 5.55. The Morgan fingerprint density at radius 2 is 1.38 bits per heavy atom. The van der Waals surface area contributed by atoms with E-state index >= 15 is 0 Å². The SMILES string of the molecule is N#Cc1cccc(S(=O)(=O)/C(=C(/I)c2ccccc2)c2ccccc2)c1. The zero-order chi connectivity index (χ0) is 18.6. The van der Waals surface area contributed by atoms with Crippen LogP contribution in [0.3, 0.4) is 0 Å². The van der Waals surface area contributed by atoms with Gasteiger partial charge in [0.1, 0.15) is 0 Å². The first-order valence-electron chi connectivity index (χ1n) is 7.80. The zero-order valence-corrected chi connectivity index (χ0v) is 16.6. The Balaban J connectivity index is 2.30. The van der Waals surface area contributed by atoms with Crippen LogP contribution in [0.15, 0.2) is 89.8 Å². The van der Waals surface area contributed by atoms with Crippen LogP contribution in [0, 0.1) is 11.3 Å². The van der Waals surface area contributed by atoms with Crippen LogP contribution in [0.5, 0.6) is 0 Å². The van der Waals surface area contributed by atoms with Crippen LogP contribution in [-0.4, -0.2) is 8.42 Å². The number of nitrogens with zero attached hydrogens (tertiary/aromatic N) is 1. The highest BCUT2D eigenvalue weighted by Crippen LogP contribution is 2.38. The van der Waals surface area contributed by atoms with Gasteiger partial charge in [0.2, 0.25) is 9.84 Å². The Hall–Kier alpha value is -2.43. The Bertz CT molecular complexity index is 1100. The highest BCUT2D eigenvalue weighted by Gasteiger charge is 2.26. The van der Waals surface area contributed by atoms with E-state index in [2.05, 4.69) is 22.6 Å². The van der Waals surface area contributed by atoms with E-state index in [4.69, 9.17) is 5.26 Å². The first-order chi connectivity index (χ1) is 12.5. The molecule has 0 fully saturated rings. The lowest BCUT2D eigenvalue weighted by Crippen LogP contribution is -2.06. The Morgan fingerprint density at radius 3 is 1.96 bits per heavy atom. The van der Waals surface area contributed by atoms with Gasteiger partial charge in [-0.1, -0.05) is 66.7 Å². The van der Waals surface area contributed by atoms with E-state index in [-0.39, 0.29) is 9.80 Å². The molecule has 3 nitrogen and oxygen atoms in total. The van der Waals surface area contributed by atoms with Crippen molar-refractivity contribution < 1.29 is 8.42 Å². The maximum atomic E-state index is 13.4. The first kappa shape index (κ1) is 18.4. The van der Waals surface area contributed by atoms with Gasteiger partial charge in [-0.25, -0.2) is 8.42 Å². The summed E-state index contributed by atoms with van der Waals surface area (Å²) in [5, 5.41) is 9.11. The van der Waals surface area contributed by atoms with Gasteiger partial charge in [0, 0.05) is 3.58 Å². The molecule has 26 heavy (non-hydrogen) atoms. The summed E-state index contributed by atoms with van der Waals surface area (Å²) in [6, 6.07) is 26.5. The molecule has 0 atom stereocenters. The topological polar surface area (TPSA) is 57.9 Å². The second-order valence-corrected chi connectivity index (χ2v) is 8.48. The summed E-state index contributed by atoms with van der Waals surface area (Å²) in [6.45, 7) is 0. The molecule has 0 aliphatic carbocycles. The molecule has 5 heteroatoms. The lowest BCUT2D eigenvalue weighted by molar-refractivity contribution is 0.606. The van der Waals surface area contributed by atoms with Gasteiger partial charge >= 0.3 is 0 Å². The van der Waals surface area contributed by atoms with E-state index in [0.29, 0.717) is 14.7 Å². The van der Waals surface area contributed by atoms with Crippen molar-refractivity contribution in [2.75, 3.05) is 0 Å². The van der Waals surface area contributed by atoms with Gasteiger partial charge in [-0.3, -0.25) is 0 Å². The molecule has 0 aliphatic rings. The minimum Gasteiger partial charge on any atom is -0.218 e. The molecular weight excluding hydrogens is 457 g/mol. The molecule has 3 aromatic rings. The molecule has 0 amide bonds. The smallest absolute Gasteiger partial charge is 0.208 e. The standard InChI is InChI=1S/C21H14INO2S/c22-20(17-9-3-1-4-10-17)21(18-11-5-2-6-12-18)26(24,25)19-13-7-8-16(14-19)15-23/h1-14H/b21-20+. The van der Waals surface area contributed by atoms with Crippen molar-refractivity contribution >= 4 is 40.9 Å². The van der Waals surface area contributed by atoms with Crippen LogP contribution in [0.2, 0.25) is 0 Å². The van der Waals surface area contributed by atoms with Crippen LogP contribution in [-0.2, 0) is 9.84 Å². The van der Waals surface area contributed by atoms with Gasteiger partial charge in [0.25, 0.3) is 0 Å². The molecule has 0 saturated heterocycles. The van der Waals surface area contributed by atoms with E-state index in [1.165, 1.54) is 12.1 Å². The van der Waals surface area contributed by atoms with Gasteiger partial charge in [0.15, 0.2) is 0 Å². The van der Waals surface area contributed by atoms with Crippen molar-refractivity contribution in [1.82, 2.24) is 0 Å². The summed E-state index contributed by atoms with van der Waals surface area (Å²) in [5.74, 6) is 0. The number of sulfone groups is 1. The maximum Gasteiger partial charge on any atom is 0.208 e. The summed E-state index contributed by atoms with van der Waals surface area (Å²) in [6.07, 6.45) is 0. The van der Waals surface area contributed by atoms with Crippen LogP contribution in [0.4, 0.5) is 0 Å². The van der Waals surface area contributed by atoms with Crippen molar-refractivity contribution in [1.29, 1.82) is 5.26 Å². The third-order valence-corrected chi connectivity index (χ3v) is 7.18. The van der Waals surface area contributed by atoms with E-state index in [0.717, 1.165) is 5.56 Å². The second kappa shape index (κ2) is 7.85. The zero-order valence-electron chi connectivity index (χ0n) is 13.6. The minimum atomic E-state index is -3.81. The summed E-state index contributed by atoms with van der Waals surface area (Å²) in [4.78, 5) is 0.348. The third kappa shape index (κ3) is 3.71. The van der Waals surface area contributed by atoms with Crippen LogP contribution >= 0.6 is 22.6 Å². The molecule has 0 aromatic heterocycles. The second-order valence-electron chi connectivity index (χ2n) is 5.52. The molecule has 0 radical (unpaired) electrons. The fourth-order valence-corrected chi connectivity index (χ4v) is 5.67. The Labute approximate surface area is 166 Å². The maximum absolute atomic E-state index is 13.4. The molecule has 0 N–H and O–H groups in total. The average Bonchev–Trinajstić information content (AvgIpc) is 2.69. The third-order valence-electron chi connectivity index (χ3n) is 3.80. The summed E-state index contributed by atoms with van der Waals surface area (Å²) < 4.78 is 27.5. The van der Waals surface area contributed by atoms with Crippen LogP contribution < -0.4 is 0 Å². The van der Waals surface area contributed by atoms with E-state index < -0.39 is 9.84 Å². The van der Waals surface area contributed by atoms with Crippen molar-refractivity contribution in [2.45, 2.75) is 4.90 Å². The van der Waals surface area contributed by atoms with Crippen LogP contribution in [0.25, 0.3) is 8.48 Å². The predicted molar refractivity (Wildman–Crippen MR) is 112 cm³/mol. The lowest BCUT2D eigenvalue weighted by atomic mass is 10.1. The molecule has 0 bridgehead atoms. The van der Waals surface area contributed by atoms with E-state index in [1.54, 1.807) is 24.3 Å². The fraction of sp³-hybridized carbons (Fsp3) is 0. The number of benzene rings is 3. The van der Waals surface area contributed by atoms with E-state index in [9.17, 15) is 8.42 Å². The van der Waals surface area contributed by atoms with Gasteiger partial charge in [0.05, 0.1) is 21.4 Å². The minimum absolute atomic E-state index is 0.112. The number of hydrogen-bond acceptors (Lipinski definition) is 3. The predicted octanol–water partition coefficient (Wildman–Crippen LogP) is 5.29. The van der Waals surface area contributed by atoms with E-state index in [1.807, 2.05) is 54.6 Å². The van der Waals surface area contributed by atoms with Gasteiger partial charge in [-0.15, -0.1) is 0 Å². The summed E-state index contributed by atoms with van der Waals surface area (Å²) >= 11 is 2.08. The molecule has 0 saturated carbocycles. The normalized spacial score (nSPS) is 12.2. The molecule has 0 spiro atoms. The molecule has 3 aromatic carbocycles. The fourth-order valence-electron chi connectivity index (χ4n) is 2.56. The van der Waals surface area contributed by atoms with Crippen LogP contribution in [0.1, 0.15) is 16.7 Å². The van der Waals surface area contributed by atoms with Crippen molar-refractivity contribution in [3.8, 4) is 6.07 Å². The van der Waals surface area contributed by atoms with Crippen molar-refractivity contribution in [2.24, 2.45) is 0 Å². The number of hydrogen-bond donors (Lipinski definition) is 0. The Morgan fingerprint density at radius 1 is 0.808 bits per heavy atom. The largest absolute Gasteiger partial charge is 0.218 e. The summed E-state index contributed by atoms with van der Waals surface area (Å²) in [5.41, 5.74) is 1.75. The average molecular weight is 471 g/mol. The lowest BCUT2D eigenvalue weighted by Gasteiger charge is -2.13. The highest BCUT2D eigenvalue weighted by atomic mass is 127. The molecular formula is C21H14INO2S. The molecule has 3 rings (SSSR count). The molecule has 128 valence electrons. The molecule has 0 unspecified atom stereocenters. The first-order valence-corrected chi connectivity index (χ1v) is 10.4.